The number of nitrogens with zero attached hydrogens (tertiary/aromatic N) is 1. The molecule has 0 saturated heterocycles. The van der Waals surface area contributed by atoms with Gasteiger partial charge in [-0.1, -0.05) is 61.8 Å². The number of halogens is 3. The zero-order valence-corrected chi connectivity index (χ0v) is 26.1. The molecule has 0 aliphatic carbocycles. The van der Waals surface area contributed by atoms with Crippen LogP contribution in [0.15, 0.2) is 66.9 Å². The van der Waals surface area contributed by atoms with Crippen molar-refractivity contribution < 1.29 is 26.8 Å². The average Bonchev–Trinajstić information content (AvgIpc) is 3.28. The predicted octanol–water partition coefficient (Wildman–Crippen LogP) is 6.84. The lowest BCUT2D eigenvalue weighted by Crippen LogP contribution is -2.31. The van der Waals surface area contributed by atoms with Crippen molar-refractivity contribution in [2.75, 3.05) is 18.6 Å². The molecule has 0 aliphatic heterocycles. The van der Waals surface area contributed by atoms with Gasteiger partial charge in [0, 0.05) is 53.7 Å². The highest BCUT2D eigenvalue weighted by molar-refractivity contribution is 7.90. The number of nitrogens with one attached hydrogen (secondary N) is 1. The van der Waals surface area contributed by atoms with Gasteiger partial charge in [0.1, 0.15) is 21.5 Å². The monoisotopic (exact) mass is 626 g/mol. The Morgan fingerprint density at radius 3 is 2.21 bits per heavy atom. The lowest BCUT2D eigenvalue weighted by atomic mass is 9.92. The van der Waals surface area contributed by atoms with E-state index in [2.05, 4.69) is 5.32 Å². The van der Waals surface area contributed by atoms with Crippen LogP contribution < -0.4 is 5.32 Å². The number of sulfone groups is 1. The van der Waals surface area contributed by atoms with Crippen molar-refractivity contribution in [2.24, 2.45) is 7.05 Å². The molecule has 4 aromatic rings. The van der Waals surface area contributed by atoms with Gasteiger partial charge in [0.25, 0.3) is 5.91 Å². The lowest BCUT2D eigenvalue weighted by Gasteiger charge is -2.18. The van der Waals surface area contributed by atoms with Gasteiger partial charge < -0.3 is 9.88 Å². The summed E-state index contributed by atoms with van der Waals surface area (Å²) in [5.41, 5.74) is 1.61. The summed E-state index contributed by atoms with van der Waals surface area (Å²) in [5.74, 6) is -3.29. The quantitative estimate of drug-likeness (QED) is 0.195. The van der Waals surface area contributed by atoms with Crippen molar-refractivity contribution in [1.29, 1.82) is 0 Å². The first-order valence-corrected chi connectivity index (χ1v) is 16.1. The molecule has 43 heavy (non-hydrogen) atoms. The van der Waals surface area contributed by atoms with E-state index in [9.17, 15) is 22.4 Å². The topological polar surface area (TPSA) is 85.2 Å². The number of aryl methyl sites for hydroxylation is 1. The molecule has 1 atom stereocenters. The number of rotatable bonds is 10. The summed E-state index contributed by atoms with van der Waals surface area (Å²) in [6, 6.07) is 15.6. The summed E-state index contributed by atoms with van der Waals surface area (Å²) in [6.45, 7) is 5.35. The molecule has 1 heterocycles. The molecule has 0 fully saturated rings. The van der Waals surface area contributed by atoms with E-state index in [0.717, 1.165) is 24.0 Å². The summed E-state index contributed by atoms with van der Waals surface area (Å²) < 4.78 is 56.0. The van der Waals surface area contributed by atoms with E-state index in [4.69, 9.17) is 11.6 Å². The Hall–Kier alpha value is -3.82. The SMILES string of the molecule is Cc1c(F)ccc(F)c1-c1c(C(=O)NC[C@@H](CS(C)(=O)=O)c2cccc(Cl)c2)cn(C)c1C(=O)c1ccc(C(C)C)cc1. The maximum Gasteiger partial charge on any atom is 0.253 e. The van der Waals surface area contributed by atoms with Crippen LogP contribution in [0.2, 0.25) is 5.02 Å². The molecular formula is C33H33ClF2N2O4S. The fourth-order valence-corrected chi connectivity index (χ4v) is 6.39. The Labute approximate surface area is 255 Å². The molecule has 3 aromatic carbocycles. The first-order valence-electron chi connectivity index (χ1n) is 13.7. The molecule has 1 amide bonds. The molecule has 1 N–H and O–H groups in total. The van der Waals surface area contributed by atoms with Gasteiger partial charge >= 0.3 is 0 Å². The maximum atomic E-state index is 15.4. The molecule has 0 unspecified atom stereocenters. The number of amides is 1. The number of hydrogen-bond acceptors (Lipinski definition) is 4. The second kappa shape index (κ2) is 12.8. The van der Waals surface area contributed by atoms with Crippen molar-refractivity contribution >= 4 is 33.1 Å². The average molecular weight is 627 g/mol. The Bertz CT molecular complexity index is 1800. The molecule has 0 aliphatic rings. The number of benzene rings is 3. The number of carbonyl (C=O) groups excluding carboxylic acids is 2. The third-order valence-corrected chi connectivity index (χ3v) is 8.65. The second-order valence-electron chi connectivity index (χ2n) is 11.1. The highest BCUT2D eigenvalue weighted by atomic mass is 35.5. The Balaban J connectivity index is 1.81. The fraction of sp³-hybridized carbons (Fsp3) is 0.273. The van der Waals surface area contributed by atoms with Crippen LogP contribution in [0.25, 0.3) is 11.1 Å². The lowest BCUT2D eigenvalue weighted by molar-refractivity contribution is 0.0952. The van der Waals surface area contributed by atoms with E-state index >= 15 is 4.39 Å². The van der Waals surface area contributed by atoms with E-state index in [1.807, 2.05) is 26.0 Å². The Morgan fingerprint density at radius 2 is 1.60 bits per heavy atom. The normalized spacial score (nSPS) is 12.4. The highest BCUT2D eigenvalue weighted by Crippen LogP contribution is 2.36. The molecular weight excluding hydrogens is 594 g/mol. The fourth-order valence-electron chi connectivity index (χ4n) is 5.15. The third-order valence-electron chi connectivity index (χ3n) is 7.41. The molecule has 10 heteroatoms. The van der Waals surface area contributed by atoms with Crippen LogP contribution in [0.5, 0.6) is 0 Å². The summed E-state index contributed by atoms with van der Waals surface area (Å²) >= 11 is 6.14. The van der Waals surface area contributed by atoms with Crippen LogP contribution in [-0.4, -0.2) is 43.2 Å². The van der Waals surface area contributed by atoms with Gasteiger partial charge in [0.2, 0.25) is 5.78 Å². The minimum atomic E-state index is -3.45. The first kappa shape index (κ1) is 32.1. The number of hydrogen-bond donors (Lipinski definition) is 1. The van der Waals surface area contributed by atoms with Gasteiger partial charge in [-0.25, -0.2) is 17.2 Å². The van der Waals surface area contributed by atoms with E-state index in [0.29, 0.717) is 16.1 Å². The zero-order valence-electron chi connectivity index (χ0n) is 24.5. The van der Waals surface area contributed by atoms with Crippen molar-refractivity contribution in [3.05, 3.63) is 117 Å². The maximum absolute atomic E-state index is 15.4. The van der Waals surface area contributed by atoms with Crippen LogP contribution in [0.4, 0.5) is 8.78 Å². The first-order chi connectivity index (χ1) is 20.2. The molecule has 0 radical (unpaired) electrons. The summed E-state index contributed by atoms with van der Waals surface area (Å²) in [6.07, 6.45) is 2.50. The smallest absolute Gasteiger partial charge is 0.253 e. The van der Waals surface area contributed by atoms with Gasteiger partial charge in [-0.05, 0) is 53.8 Å². The van der Waals surface area contributed by atoms with Crippen molar-refractivity contribution in [2.45, 2.75) is 32.6 Å². The Morgan fingerprint density at radius 1 is 0.953 bits per heavy atom. The van der Waals surface area contributed by atoms with Crippen LogP contribution in [0.3, 0.4) is 0 Å². The Kier molecular flexibility index (Phi) is 9.57. The summed E-state index contributed by atoms with van der Waals surface area (Å²) in [7, 11) is -1.90. The molecule has 226 valence electrons. The van der Waals surface area contributed by atoms with Gasteiger partial charge in [-0.3, -0.25) is 9.59 Å². The van der Waals surface area contributed by atoms with E-state index in [1.165, 1.54) is 17.7 Å². The van der Waals surface area contributed by atoms with Crippen LogP contribution in [0.1, 0.15) is 68.8 Å². The van der Waals surface area contributed by atoms with Crippen molar-refractivity contribution in [3.8, 4) is 11.1 Å². The van der Waals surface area contributed by atoms with Crippen molar-refractivity contribution in [1.82, 2.24) is 9.88 Å². The van der Waals surface area contributed by atoms with Crippen molar-refractivity contribution in [3.63, 3.8) is 0 Å². The summed E-state index contributed by atoms with van der Waals surface area (Å²) in [5, 5.41) is 3.17. The number of ketones is 1. The van der Waals surface area contributed by atoms with Gasteiger partial charge in [0.15, 0.2) is 0 Å². The minimum absolute atomic E-state index is 0.0116. The van der Waals surface area contributed by atoms with Crippen LogP contribution >= 0.6 is 11.6 Å². The molecule has 6 nitrogen and oxygen atoms in total. The highest BCUT2D eigenvalue weighted by Gasteiger charge is 2.30. The van der Waals surface area contributed by atoms with Gasteiger partial charge in [0.05, 0.1) is 17.0 Å². The molecule has 4 rings (SSSR count). The molecule has 0 spiro atoms. The van der Waals surface area contributed by atoms with Crippen LogP contribution in [-0.2, 0) is 16.9 Å². The summed E-state index contributed by atoms with van der Waals surface area (Å²) in [4.78, 5) is 27.6. The van der Waals surface area contributed by atoms with E-state index in [1.54, 1.807) is 43.4 Å². The largest absolute Gasteiger partial charge is 0.351 e. The molecule has 0 bridgehead atoms. The third kappa shape index (κ3) is 7.22. The zero-order chi connectivity index (χ0) is 31.6. The van der Waals surface area contributed by atoms with Gasteiger partial charge in [-0.2, -0.15) is 0 Å². The molecule has 1 aromatic heterocycles. The van der Waals surface area contributed by atoms with Crippen LogP contribution in [0, 0.1) is 18.6 Å². The standard InChI is InChI=1S/C33H33ClF2N2O4S/c1-19(2)21-9-11-22(12-10-21)32(39)31-30(29-20(3)27(35)13-14-28(29)36)26(17-38(31)4)33(40)37-16-24(18-43(5,41)42)23-7-6-8-25(34)15-23/h6-15,17,19,24H,16,18H2,1-5H3,(H,37,40)/t24-/m0/s1. The predicted molar refractivity (Wildman–Crippen MR) is 166 cm³/mol. The second-order valence-corrected chi connectivity index (χ2v) is 13.7. The van der Waals surface area contributed by atoms with E-state index in [-0.39, 0.29) is 46.2 Å². The number of aromatic nitrogens is 1. The van der Waals surface area contributed by atoms with Gasteiger partial charge in [-0.15, -0.1) is 0 Å². The minimum Gasteiger partial charge on any atom is -0.351 e. The number of carbonyl (C=O) groups is 2. The van der Waals surface area contributed by atoms with E-state index < -0.39 is 39.1 Å². The molecule has 0 saturated carbocycles.